The molecule has 1 aliphatic heterocycles. The van der Waals surface area contributed by atoms with Gasteiger partial charge in [-0.3, -0.25) is 4.31 Å². The highest BCUT2D eigenvalue weighted by atomic mass is 35.5. The second kappa shape index (κ2) is 12.6. The van der Waals surface area contributed by atoms with Gasteiger partial charge in [-0.05, 0) is 68.1 Å². The molecule has 1 heterocycles. The maximum Gasteiger partial charge on any atom is 0.214 e. The van der Waals surface area contributed by atoms with Crippen LogP contribution in [0, 0.1) is 18.7 Å². The van der Waals surface area contributed by atoms with Crippen LogP contribution >= 0.6 is 23.2 Å². The first-order valence-corrected chi connectivity index (χ1v) is 13.5. The number of rotatable bonds is 9. The van der Waals surface area contributed by atoms with Crippen molar-refractivity contribution in [3.63, 3.8) is 0 Å². The molecule has 174 valence electrons. The summed E-state index contributed by atoms with van der Waals surface area (Å²) in [5.74, 6) is -0.529. The van der Waals surface area contributed by atoms with E-state index in [9.17, 15) is 17.0 Å². The van der Waals surface area contributed by atoms with Crippen molar-refractivity contribution in [3.8, 4) is 12.8 Å². The standard InChI is InChI=1S/C20H23Cl2FN2O3S2.C2H2/c21-16-5-8-18(9-6-16)29(26)25(20-15-17(22)7-10-19(20)23)13-3-4-14-30(27,28)24-11-1-2-12-24;1-2/h5-10,15H,1-4,11-14H2;1-2H. The van der Waals surface area contributed by atoms with E-state index in [0.717, 1.165) is 12.8 Å². The van der Waals surface area contributed by atoms with Crippen molar-refractivity contribution < 1.29 is 17.0 Å². The Kier molecular flexibility index (Phi) is 10.5. The van der Waals surface area contributed by atoms with Gasteiger partial charge in [-0.2, -0.15) is 0 Å². The number of sulfonamides is 1. The van der Waals surface area contributed by atoms with Gasteiger partial charge in [0.2, 0.25) is 10.0 Å². The minimum atomic E-state index is -3.29. The number of nitrogens with zero attached hydrogens (tertiary/aromatic N) is 2. The van der Waals surface area contributed by atoms with Gasteiger partial charge in [-0.15, -0.1) is 12.8 Å². The van der Waals surface area contributed by atoms with E-state index in [2.05, 4.69) is 12.8 Å². The fraction of sp³-hybridized carbons (Fsp3) is 0.364. The van der Waals surface area contributed by atoms with Gasteiger partial charge < -0.3 is 0 Å². The van der Waals surface area contributed by atoms with Crippen molar-refractivity contribution in [2.24, 2.45) is 0 Å². The van der Waals surface area contributed by atoms with Crippen molar-refractivity contribution in [3.05, 3.63) is 58.3 Å². The summed E-state index contributed by atoms with van der Waals surface area (Å²) in [6.45, 7) is 1.35. The highest BCUT2D eigenvalue weighted by molar-refractivity contribution is 7.89. The predicted octanol–water partition coefficient (Wildman–Crippen LogP) is 5.12. The van der Waals surface area contributed by atoms with Crippen LogP contribution < -0.4 is 4.31 Å². The normalized spacial score (nSPS) is 15.0. The summed E-state index contributed by atoms with van der Waals surface area (Å²) in [5.41, 5.74) is 0.109. The van der Waals surface area contributed by atoms with Gasteiger partial charge in [0.25, 0.3) is 0 Å². The van der Waals surface area contributed by atoms with Crippen molar-refractivity contribution in [2.45, 2.75) is 30.6 Å². The summed E-state index contributed by atoms with van der Waals surface area (Å²) in [4.78, 5) is 0.462. The molecule has 3 rings (SSSR count). The molecule has 1 unspecified atom stereocenters. The molecule has 2 aromatic carbocycles. The lowest BCUT2D eigenvalue weighted by Gasteiger charge is -2.24. The summed E-state index contributed by atoms with van der Waals surface area (Å²) in [6, 6.07) is 10.5. The average Bonchev–Trinajstić information content (AvgIpc) is 3.33. The molecule has 32 heavy (non-hydrogen) atoms. The summed E-state index contributed by atoms with van der Waals surface area (Å²) >= 11 is 11.9. The third-order valence-corrected chi connectivity index (χ3v) is 8.76. The van der Waals surface area contributed by atoms with E-state index >= 15 is 0 Å². The van der Waals surface area contributed by atoms with E-state index in [1.54, 1.807) is 24.3 Å². The second-order valence-corrected chi connectivity index (χ2v) is 11.4. The van der Waals surface area contributed by atoms with Gasteiger partial charge in [-0.25, -0.2) is 21.3 Å². The van der Waals surface area contributed by atoms with Gasteiger partial charge in [-0.1, -0.05) is 23.2 Å². The molecule has 1 aliphatic rings. The molecule has 1 saturated heterocycles. The minimum Gasteiger partial charge on any atom is -0.285 e. The Morgan fingerprint density at radius 1 is 1.00 bits per heavy atom. The molecule has 1 atom stereocenters. The summed E-state index contributed by atoms with van der Waals surface area (Å²) < 4.78 is 55.4. The first-order chi connectivity index (χ1) is 15.3. The fourth-order valence-electron chi connectivity index (χ4n) is 3.28. The highest BCUT2D eigenvalue weighted by Gasteiger charge is 2.25. The molecule has 0 N–H and O–H groups in total. The first-order valence-electron chi connectivity index (χ1n) is 9.99. The number of anilines is 1. The SMILES string of the molecule is C#C.O=S(c1ccc(Cl)cc1)N(CCCCS(=O)(=O)N1CCCC1)c1cc(Cl)ccc1F. The van der Waals surface area contributed by atoms with E-state index < -0.39 is 26.8 Å². The van der Waals surface area contributed by atoms with Crippen LogP contribution in [0.3, 0.4) is 0 Å². The number of terminal acetylenes is 1. The Balaban J connectivity index is 0.00000176. The number of benzene rings is 2. The lowest BCUT2D eigenvalue weighted by Crippen LogP contribution is -2.31. The van der Waals surface area contributed by atoms with Crippen molar-refractivity contribution >= 4 is 49.9 Å². The molecule has 0 bridgehead atoms. The molecule has 0 aromatic heterocycles. The van der Waals surface area contributed by atoms with Crippen molar-refractivity contribution in [1.29, 1.82) is 0 Å². The van der Waals surface area contributed by atoms with Crippen LogP contribution in [0.4, 0.5) is 10.1 Å². The maximum atomic E-state index is 14.5. The van der Waals surface area contributed by atoms with Crippen LogP contribution in [0.1, 0.15) is 25.7 Å². The Morgan fingerprint density at radius 3 is 2.22 bits per heavy atom. The van der Waals surface area contributed by atoms with Crippen LogP contribution in [0.2, 0.25) is 10.0 Å². The van der Waals surface area contributed by atoms with Crippen LogP contribution in [-0.4, -0.2) is 42.3 Å². The Labute approximate surface area is 202 Å². The quantitative estimate of drug-likeness (QED) is 0.342. The topological polar surface area (TPSA) is 57.7 Å². The third-order valence-electron chi connectivity index (χ3n) is 4.86. The van der Waals surface area contributed by atoms with Gasteiger partial charge in [0.15, 0.2) is 11.0 Å². The lowest BCUT2D eigenvalue weighted by molar-refractivity contribution is 0.475. The fourth-order valence-corrected chi connectivity index (χ4v) is 6.45. The van der Waals surface area contributed by atoms with Crippen LogP contribution in [-0.2, 0) is 21.0 Å². The molecule has 0 radical (unpaired) electrons. The number of hydrogen-bond acceptors (Lipinski definition) is 3. The van der Waals surface area contributed by atoms with E-state index in [1.807, 2.05) is 0 Å². The number of hydrogen-bond donors (Lipinski definition) is 0. The molecule has 0 amide bonds. The van der Waals surface area contributed by atoms with Gasteiger partial charge in [0.05, 0.1) is 16.3 Å². The molecule has 10 heteroatoms. The second-order valence-electron chi connectivity index (χ2n) is 7.03. The third kappa shape index (κ3) is 7.19. The van der Waals surface area contributed by atoms with Crippen LogP contribution in [0.25, 0.3) is 0 Å². The monoisotopic (exact) mass is 518 g/mol. The molecule has 2 aromatic rings. The van der Waals surface area contributed by atoms with E-state index in [1.165, 1.54) is 26.8 Å². The predicted molar refractivity (Wildman–Crippen MR) is 130 cm³/mol. The molecule has 0 aliphatic carbocycles. The molecular formula is C22H25Cl2FN2O3S2. The maximum absolute atomic E-state index is 14.5. The van der Waals surface area contributed by atoms with Gasteiger partial charge >= 0.3 is 0 Å². The van der Waals surface area contributed by atoms with Crippen molar-refractivity contribution in [2.75, 3.05) is 29.7 Å². The lowest BCUT2D eigenvalue weighted by atomic mass is 10.3. The minimum absolute atomic E-state index is 0.0203. The zero-order chi connectivity index (χ0) is 23.7. The molecule has 5 nitrogen and oxygen atoms in total. The van der Waals surface area contributed by atoms with Gasteiger partial charge in [0, 0.05) is 29.7 Å². The molecule has 0 spiro atoms. The Bertz CT molecular complexity index is 1040. The zero-order valence-electron chi connectivity index (χ0n) is 17.4. The molecule has 0 saturated carbocycles. The van der Waals surface area contributed by atoms with Crippen molar-refractivity contribution in [1.82, 2.24) is 4.31 Å². The summed E-state index contributed by atoms with van der Waals surface area (Å²) in [6.07, 6.45) is 10.6. The average molecular weight is 519 g/mol. The number of unbranched alkanes of at least 4 members (excludes halogenated alkanes) is 1. The largest absolute Gasteiger partial charge is 0.285 e. The highest BCUT2D eigenvalue weighted by Crippen LogP contribution is 2.28. The van der Waals surface area contributed by atoms with E-state index in [-0.39, 0.29) is 18.0 Å². The van der Waals surface area contributed by atoms with E-state index in [0.29, 0.717) is 40.9 Å². The smallest absolute Gasteiger partial charge is 0.214 e. The summed E-state index contributed by atoms with van der Waals surface area (Å²) in [5, 5.41) is 0.824. The molecule has 1 fully saturated rings. The zero-order valence-corrected chi connectivity index (χ0v) is 20.6. The van der Waals surface area contributed by atoms with Gasteiger partial charge in [0.1, 0.15) is 5.82 Å². The Morgan fingerprint density at radius 2 is 1.59 bits per heavy atom. The van der Waals surface area contributed by atoms with Crippen LogP contribution in [0.5, 0.6) is 0 Å². The van der Waals surface area contributed by atoms with Crippen LogP contribution in [0.15, 0.2) is 47.4 Å². The molecular weight excluding hydrogens is 494 g/mol. The number of halogens is 3. The first kappa shape index (κ1) is 26.6. The Hall–Kier alpha value is -1.63. The van der Waals surface area contributed by atoms with E-state index in [4.69, 9.17) is 23.2 Å². The summed E-state index contributed by atoms with van der Waals surface area (Å²) in [7, 11) is -4.99.